The Morgan fingerprint density at radius 3 is 2.77 bits per heavy atom. The number of carbonyl (C=O) groups is 1. The van der Waals surface area contributed by atoms with E-state index in [1.807, 2.05) is 23.7 Å². The number of rotatable bonds is 5. The van der Waals surface area contributed by atoms with Crippen LogP contribution in [0.5, 0.6) is 0 Å². The zero-order valence-corrected chi connectivity index (χ0v) is 13.5. The van der Waals surface area contributed by atoms with E-state index < -0.39 is 0 Å². The molecule has 1 aliphatic rings. The summed E-state index contributed by atoms with van der Waals surface area (Å²) in [7, 11) is 0. The van der Waals surface area contributed by atoms with E-state index in [-0.39, 0.29) is 11.9 Å². The Labute approximate surface area is 131 Å². The lowest BCUT2D eigenvalue weighted by molar-refractivity contribution is 0.0938. The minimum Gasteiger partial charge on any atom is -0.349 e. The van der Waals surface area contributed by atoms with Crippen molar-refractivity contribution in [2.75, 3.05) is 0 Å². The third-order valence-electron chi connectivity index (χ3n) is 4.35. The first kappa shape index (κ1) is 14.8. The Balaban J connectivity index is 2.00. The molecule has 1 heterocycles. The lowest BCUT2D eigenvalue weighted by atomic mass is 10.1. The Hall–Kier alpha value is -2.10. The molecule has 0 saturated heterocycles. The summed E-state index contributed by atoms with van der Waals surface area (Å²) in [5, 5.41) is 7.57. The van der Waals surface area contributed by atoms with E-state index in [9.17, 15) is 4.79 Å². The molecule has 1 aromatic heterocycles. The molecular formula is C18H23N3O. The van der Waals surface area contributed by atoms with Gasteiger partial charge in [-0.15, -0.1) is 0 Å². The number of aryl methyl sites for hydroxylation is 1. The highest BCUT2D eigenvalue weighted by atomic mass is 16.1. The van der Waals surface area contributed by atoms with Crippen LogP contribution in [0.15, 0.2) is 30.5 Å². The molecule has 1 aromatic carbocycles. The first-order valence-corrected chi connectivity index (χ1v) is 8.06. The molecule has 0 bridgehead atoms. The van der Waals surface area contributed by atoms with E-state index in [4.69, 9.17) is 0 Å². The lowest BCUT2D eigenvalue weighted by Gasteiger charge is -2.13. The van der Waals surface area contributed by atoms with Gasteiger partial charge in [0.15, 0.2) is 0 Å². The number of benzene rings is 1. The average molecular weight is 297 g/mol. The molecular weight excluding hydrogens is 274 g/mol. The van der Waals surface area contributed by atoms with Gasteiger partial charge in [0.1, 0.15) is 0 Å². The van der Waals surface area contributed by atoms with Gasteiger partial charge in [0, 0.05) is 12.0 Å². The minimum absolute atomic E-state index is 0.00363. The monoisotopic (exact) mass is 297 g/mol. The maximum Gasteiger partial charge on any atom is 0.254 e. The van der Waals surface area contributed by atoms with Gasteiger partial charge in [-0.1, -0.05) is 25.1 Å². The summed E-state index contributed by atoms with van der Waals surface area (Å²) in [6.07, 6.45) is 4.93. The zero-order valence-electron chi connectivity index (χ0n) is 13.5. The zero-order chi connectivity index (χ0) is 15.7. The summed E-state index contributed by atoms with van der Waals surface area (Å²) >= 11 is 0. The molecule has 3 rings (SSSR count). The maximum atomic E-state index is 12.5. The highest BCUT2D eigenvalue weighted by Gasteiger charge is 2.33. The van der Waals surface area contributed by atoms with Gasteiger partial charge in [-0.05, 0) is 44.7 Å². The fourth-order valence-corrected chi connectivity index (χ4v) is 2.68. The molecule has 1 saturated carbocycles. The van der Waals surface area contributed by atoms with Gasteiger partial charge in [0.05, 0.1) is 23.1 Å². The van der Waals surface area contributed by atoms with Gasteiger partial charge < -0.3 is 5.32 Å². The molecule has 1 fully saturated rings. The smallest absolute Gasteiger partial charge is 0.254 e. The van der Waals surface area contributed by atoms with Crippen molar-refractivity contribution < 1.29 is 4.79 Å². The summed E-state index contributed by atoms with van der Waals surface area (Å²) in [6, 6.07) is 8.35. The van der Waals surface area contributed by atoms with Crippen LogP contribution in [0.3, 0.4) is 0 Å². The summed E-state index contributed by atoms with van der Waals surface area (Å²) < 4.78 is 1.96. The van der Waals surface area contributed by atoms with Crippen molar-refractivity contribution in [1.82, 2.24) is 15.1 Å². The van der Waals surface area contributed by atoms with E-state index in [0.717, 1.165) is 36.2 Å². The number of carbonyl (C=O) groups excluding carboxylic acids is 1. The third-order valence-corrected chi connectivity index (χ3v) is 4.35. The maximum absolute atomic E-state index is 12.5. The van der Waals surface area contributed by atoms with Crippen LogP contribution in [0.4, 0.5) is 0 Å². The van der Waals surface area contributed by atoms with Gasteiger partial charge in [-0.3, -0.25) is 4.79 Å². The molecule has 0 aliphatic heterocycles. The topological polar surface area (TPSA) is 46.9 Å². The predicted molar refractivity (Wildman–Crippen MR) is 87.5 cm³/mol. The quantitative estimate of drug-likeness (QED) is 0.917. The van der Waals surface area contributed by atoms with Crippen LogP contribution < -0.4 is 5.32 Å². The van der Waals surface area contributed by atoms with E-state index in [2.05, 4.69) is 36.4 Å². The number of para-hydroxylation sites is 1. The van der Waals surface area contributed by atoms with Crippen LogP contribution in [0.25, 0.3) is 5.69 Å². The summed E-state index contributed by atoms with van der Waals surface area (Å²) in [6.45, 7) is 6.18. The second kappa shape index (κ2) is 5.95. The van der Waals surface area contributed by atoms with E-state index in [1.54, 1.807) is 6.20 Å². The highest BCUT2D eigenvalue weighted by Crippen LogP contribution is 2.42. The fraction of sp³-hybridized carbons (Fsp3) is 0.444. The molecule has 1 N–H and O–H groups in total. The van der Waals surface area contributed by atoms with Crippen molar-refractivity contribution in [3.05, 3.63) is 47.3 Å². The minimum atomic E-state index is -0.00363. The number of nitrogens with zero attached hydrogens (tertiary/aromatic N) is 2. The Kier molecular flexibility index (Phi) is 4.01. The molecule has 22 heavy (non-hydrogen) atoms. The van der Waals surface area contributed by atoms with Crippen molar-refractivity contribution in [3.63, 3.8) is 0 Å². The molecule has 4 heteroatoms. The second-order valence-corrected chi connectivity index (χ2v) is 6.20. The lowest BCUT2D eigenvalue weighted by Crippen LogP contribution is -2.32. The van der Waals surface area contributed by atoms with Crippen molar-refractivity contribution in [3.8, 4) is 5.69 Å². The van der Waals surface area contributed by atoms with Crippen molar-refractivity contribution in [2.24, 2.45) is 0 Å². The summed E-state index contributed by atoms with van der Waals surface area (Å²) in [4.78, 5) is 12.5. The van der Waals surface area contributed by atoms with Crippen molar-refractivity contribution >= 4 is 5.91 Å². The normalized spacial score (nSPS) is 15.6. The van der Waals surface area contributed by atoms with E-state index in [0.29, 0.717) is 5.92 Å². The Morgan fingerprint density at radius 2 is 2.14 bits per heavy atom. The highest BCUT2D eigenvalue weighted by molar-refractivity contribution is 5.95. The second-order valence-electron chi connectivity index (χ2n) is 6.20. The van der Waals surface area contributed by atoms with Crippen molar-refractivity contribution in [2.45, 2.75) is 52.0 Å². The Morgan fingerprint density at radius 1 is 1.41 bits per heavy atom. The number of hydrogen-bond acceptors (Lipinski definition) is 2. The van der Waals surface area contributed by atoms with Gasteiger partial charge >= 0.3 is 0 Å². The molecule has 1 amide bonds. The van der Waals surface area contributed by atoms with Crippen LogP contribution in [0.1, 0.15) is 60.6 Å². The molecule has 0 unspecified atom stereocenters. The van der Waals surface area contributed by atoms with Crippen LogP contribution in [0.2, 0.25) is 0 Å². The number of aromatic nitrogens is 2. The van der Waals surface area contributed by atoms with E-state index >= 15 is 0 Å². The fourth-order valence-electron chi connectivity index (χ4n) is 2.68. The molecule has 116 valence electrons. The molecule has 1 aliphatic carbocycles. The van der Waals surface area contributed by atoms with E-state index in [1.165, 1.54) is 5.56 Å². The van der Waals surface area contributed by atoms with Gasteiger partial charge in [0.2, 0.25) is 0 Å². The average Bonchev–Trinajstić information content (AvgIpc) is 3.26. The SMILES string of the molecule is CC[C@@H](C)NC(=O)c1cnn(-c2ccccc2C)c1C1CC1. The summed E-state index contributed by atoms with van der Waals surface area (Å²) in [5.74, 6) is 0.455. The summed E-state index contributed by atoms with van der Waals surface area (Å²) in [5.41, 5.74) is 4.02. The van der Waals surface area contributed by atoms with Gasteiger partial charge in [-0.2, -0.15) is 5.10 Å². The molecule has 0 spiro atoms. The Bertz CT molecular complexity index is 685. The largest absolute Gasteiger partial charge is 0.349 e. The first-order valence-electron chi connectivity index (χ1n) is 8.06. The van der Waals surface area contributed by atoms with Gasteiger partial charge in [0.25, 0.3) is 5.91 Å². The molecule has 0 radical (unpaired) electrons. The molecule has 4 nitrogen and oxygen atoms in total. The van der Waals surface area contributed by atoms with Crippen LogP contribution in [-0.4, -0.2) is 21.7 Å². The van der Waals surface area contributed by atoms with Crippen molar-refractivity contribution in [1.29, 1.82) is 0 Å². The number of nitrogens with one attached hydrogen (secondary N) is 1. The molecule has 2 aromatic rings. The number of amides is 1. The number of hydrogen-bond donors (Lipinski definition) is 1. The van der Waals surface area contributed by atoms with Crippen LogP contribution in [0, 0.1) is 6.92 Å². The standard InChI is InChI=1S/C18H23N3O/c1-4-13(3)20-18(22)15-11-19-21(17(15)14-9-10-14)16-8-6-5-7-12(16)2/h5-8,11,13-14H,4,9-10H2,1-3H3,(H,20,22)/t13-/m1/s1. The first-order chi connectivity index (χ1) is 10.6. The van der Waals surface area contributed by atoms with Crippen LogP contribution in [-0.2, 0) is 0 Å². The van der Waals surface area contributed by atoms with Crippen LogP contribution >= 0.6 is 0 Å². The van der Waals surface area contributed by atoms with Gasteiger partial charge in [-0.25, -0.2) is 4.68 Å². The molecule has 1 atom stereocenters. The predicted octanol–water partition coefficient (Wildman–Crippen LogP) is 3.59. The third kappa shape index (κ3) is 2.78.